The fourth-order valence-corrected chi connectivity index (χ4v) is 3.31. The number of alkyl halides is 3. The topological polar surface area (TPSA) is 88.8 Å². The maximum absolute atomic E-state index is 13.0. The van der Waals surface area contributed by atoms with Crippen LogP contribution in [0.5, 0.6) is 5.75 Å². The lowest BCUT2D eigenvalue weighted by atomic mass is 9.99. The molecule has 0 saturated heterocycles. The van der Waals surface area contributed by atoms with Crippen LogP contribution in [0.4, 0.5) is 13.2 Å². The number of benzene rings is 1. The van der Waals surface area contributed by atoms with E-state index in [4.69, 9.17) is 4.74 Å². The number of fused-ring (bicyclic) bond motifs is 1. The highest BCUT2D eigenvalue weighted by molar-refractivity contribution is 5.93. The minimum absolute atomic E-state index is 0.000701. The summed E-state index contributed by atoms with van der Waals surface area (Å²) in [4.78, 5) is 38.7. The number of likely N-dealkylation sites (N-methyl/N-ethyl adjacent to an activating group) is 1. The van der Waals surface area contributed by atoms with Gasteiger partial charge in [-0.05, 0) is 24.6 Å². The van der Waals surface area contributed by atoms with Gasteiger partial charge in [0.15, 0.2) is 5.56 Å². The maximum atomic E-state index is 13.0. The molecule has 1 aliphatic rings. The van der Waals surface area contributed by atoms with Gasteiger partial charge in [0.25, 0.3) is 5.56 Å². The van der Waals surface area contributed by atoms with Crippen molar-refractivity contribution in [1.29, 1.82) is 0 Å². The molecule has 30 heavy (non-hydrogen) atoms. The van der Waals surface area contributed by atoms with Crippen molar-refractivity contribution >= 4 is 11.9 Å². The molecule has 1 N–H and O–H groups in total. The molecular weight excluding hydrogens is 405 g/mol. The van der Waals surface area contributed by atoms with E-state index < -0.39 is 34.6 Å². The third kappa shape index (κ3) is 3.89. The molecule has 0 radical (unpaired) electrons. The van der Waals surface area contributed by atoms with E-state index in [1.54, 1.807) is 0 Å². The van der Waals surface area contributed by atoms with Crippen LogP contribution in [-0.2, 0) is 35.2 Å². The van der Waals surface area contributed by atoms with Crippen molar-refractivity contribution in [3.63, 3.8) is 0 Å². The van der Waals surface area contributed by atoms with Gasteiger partial charge in [0.2, 0.25) is 5.91 Å². The van der Waals surface area contributed by atoms with Crippen LogP contribution in [0.15, 0.2) is 29.1 Å². The van der Waals surface area contributed by atoms with Crippen LogP contribution in [0, 0.1) is 0 Å². The number of rotatable bonds is 4. The van der Waals surface area contributed by atoms with Gasteiger partial charge in [-0.15, -0.1) is 0 Å². The summed E-state index contributed by atoms with van der Waals surface area (Å²) in [5, 5.41) is 10.5. The Kier molecular flexibility index (Phi) is 5.60. The molecule has 160 valence electrons. The standard InChI is InChI=1S/C20H19F3N2O5/c1-3-30-19(29)16-17(27)13-8-15(26)24(2)10-14(13)25(18(16)28)9-11-4-6-12(7-5-11)20(21,22)23/h4-7,27H,3,8-10H2,1-2H3. The zero-order valence-electron chi connectivity index (χ0n) is 16.2. The van der Waals surface area contributed by atoms with Crippen LogP contribution in [0.1, 0.15) is 39.7 Å². The molecule has 0 atom stereocenters. The average molecular weight is 424 g/mol. The van der Waals surface area contributed by atoms with Gasteiger partial charge in [-0.2, -0.15) is 13.2 Å². The van der Waals surface area contributed by atoms with Crippen molar-refractivity contribution in [3.8, 4) is 5.75 Å². The molecule has 0 aliphatic carbocycles. The predicted octanol–water partition coefficient (Wildman–Crippen LogP) is 2.31. The number of esters is 1. The summed E-state index contributed by atoms with van der Waals surface area (Å²) in [6, 6.07) is 4.26. The second-order valence-electron chi connectivity index (χ2n) is 6.88. The molecular formula is C20H19F3N2O5. The van der Waals surface area contributed by atoms with Gasteiger partial charge < -0.3 is 19.3 Å². The Morgan fingerprint density at radius 2 is 1.83 bits per heavy atom. The lowest BCUT2D eigenvalue weighted by molar-refractivity contribution is -0.137. The monoisotopic (exact) mass is 424 g/mol. The first-order chi connectivity index (χ1) is 14.0. The number of ether oxygens (including phenoxy) is 1. The van der Waals surface area contributed by atoms with Crippen LogP contribution in [-0.4, -0.2) is 40.1 Å². The number of hydrogen-bond donors (Lipinski definition) is 1. The summed E-state index contributed by atoms with van der Waals surface area (Å²) in [5.74, 6) is -1.94. The summed E-state index contributed by atoms with van der Waals surface area (Å²) in [6.45, 7) is 1.36. The van der Waals surface area contributed by atoms with Crippen LogP contribution in [0.2, 0.25) is 0 Å². The number of carbonyl (C=O) groups is 2. The zero-order chi connectivity index (χ0) is 22.2. The molecule has 1 aliphatic heterocycles. The first-order valence-corrected chi connectivity index (χ1v) is 9.09. The lowest BCUT2D eigenvalue weighted by Crippen LogP contribution is -2.40. The van der Waals surface area contributed by atoms with Gasteiger partial charge in [0, 0.05) is 18.3 Å². The van der Waals surface area contributed by atoms with Gasteiger partial charge in [0.1, 0.15) is 5.75 Å². The Hall–Kier alpha value is -3.30. The van der Waals surface area contributed by atoms with E-state index in [0.717, 1.165) is 12.1 Å². The molecule has 1 aromatic heterocycles. The summed E-state index contributed by atoms with van der Waals surface area (Å²) in [7, 11) is 1.52. The predicted molar refractivity (Wildman–Crippen MR) is 99.0 cm³/mol. The fraction of sp³-hybridized carbons (Fsp3) is 0.350. The molecule has 10 heteroatoms. The second-order valence-corrected chi connectivity index (χ2v) is 6.88. The Bertz CT molecular complexity index is 1060. The molecule has 1 aromatic carbocycles. The highest BCUT2D eigenvalue weighted by Crippen LogP contribution is 2.31. The number of halogens is 3. The molecule has 7 nitrogen and oxygen atoms in total. The maximum Gasteiger partial charge on any atom is 0.416 e. The van der Waals surface area contributed by atoms with E-state index in [1.165, 1.54) is 35.6 Å². The summed E-state index contributed by atoms with van der Waals surface area (Å²) in [5.41, 5.74) is -1.44. The number of nitrogens with zero attached hydrogens (tertiary/aromatic N) is 2. The number of hydrogen-bond acceptors (Lipinski definition) is 5. The van der Waals surface area contributed by atoms with Crippen molar-refractivity contribution in [2.45, 2.75) is 32.6 Å². The number of amides is 1. The second kappa shape index (κ2) is 7.85. The van der Waals surface area contributed by atoms with E-state index in [0.29, 0.717) is 11.3 Å². The third-order valence-corrected chi connectivity index (χ3v) is 4.90. The minimum atomic E-state index is -4.49. The van der Waals surface area contributed by atoms with Crippen LogP contribution in [0.25, 0.3) is 0 Å². The molecule has 0 saturated carbocycles. The zero-order valence-corrected chi connectivity index (χ0v) is 16.2. The highest BCUT2D eigenvalue weighted by Gasteiger charge is 2.33. The SMILES string of the molecule is CCOC(=O)c1c(O)c2c(n(Cc3ccc(C(F)(F)F)cc3)c1=O)CN(C)C(=O)C2. The lowest BCUT2D eigenvalue weighted by Gasteiger charge is -2.29. The van der Waals surface area contributed by atoms with Crippen molar-refractivity contribution < 1.29 is 32.6 Å². The Morgan fingerprint density at radius 1 is 1.20 bits per heavy atom. The molecule has 2 aromatic rings. The first kappa shape index (κ1) is 21.4. The molecule has 0 unspecified atom stereocenters. The normalized spacial score (nSPS) is 13.9. The number of aromatic nitrogens is 1. The van der Waals surface area contributed by atoms with Gasteiger partial charge in [-0.3, -0.25) is 9.59 Å². The van der Waals surface area contributed by atoms with Crippen molar-refractivity contribution in [2.24, 2.45) is 0 Å². The van der Waals surface area contributed by atoms with Crippen molar-refractivity contribution in [3.05, 3.63) is 62.6 Å². The van der Waals surface area contributed by atoms with Gasteiger partial charge >= 0.3 is 12.1 Å². The molecule has 0 spiro atoms. The van der Waals surface area contributed by atoms with E-state index in [-0.39, 0.29) is 37.6 Å². The van der Waals surface area contributed by atoms with Crippen LogP contribution in [0.3, 0.4) is 0 Å². The highest BCUT2D eigenvalue weighted by atomic mass is 19.4. The molecule has 1 amide bonds. The summed E-state index contributed by atoms with van der Waals surface area (Å²) < 4.78 is 44.4. The quantitative estimate of drug-likeness (QED) is 0.761. The average Bonchev–Trinajstić information content (AvgIpc) is 2.67. The van der Waals surface area contributed by atoms with Crippen LogP contribution >= 0.6 is 0 Å². The molecule has 3 rings (SSSR count). The molecule has 0 bridgehead atoms. The summed E-state index contributed by atoms with van der Waals surface area (Å²) >= 11 is 0. The van der Waals surface area contributed by atoms with Crippen molar-refractivity contribution in [2.75, 3.05) is 13.7 Å². The fourth-order valence-electron chi connectivity index (χ4n) is 3.31. The number of carbonyl (C=O) groups excluding carboxylic acids is 2. The van der Waals surface area contributed by atoms with Crippen LogP contribution < -0.4 is 5.56 Å². The third-order valence-electron chi connectivity index (χ3n) is 4.90. The first-order valence-electron chi connectivity index (χ1n) is 9.09. The Morgan fingerprint density at radius 3 is 2.40 bits per heavy atom. The van der Waals surface area contributed by atoms with Gasteiger partial charge in [-0.1, -0.05) is 12.1 Å². The van der Waals surface area contributed by atoms with E-state index >= 15 is 0 Å². The summed E-state index contributed by atoms with van der Waals surface area (Å²) in [6.07, 6.45) is -4.72. The van der Waals surface area contributed by atoms with Gasteiger partial charge in [-0.25, -0.2) is 4.79 Å². The largest absolute Gasteiger partial charge is 0.506 e. The van der Waals surface area contributed by atoms with E-state index in [1.807, 2.05) is 0 Å². The smallest absolute Gasteiger partial charge is 0.416 e. The molecule has 2 heterocycles. The van der Waals surface area contributed by atoms with Gasteiger partial charge in [0.05, 0.1) is 31.7 Å². The van der Waals surface area contributed by atoms with Crippen molar-refractivity contribution in [1.82, 2.24) is 9.47 Å². The van der Waals surface area contributed by atoms with E-state index in [2.05, 4.69) is 0 Å². The Labute approximate surface area is 169 Å². The minimum Gasteiger partial charge on any atom is -0.506 e. The van der Waals surface area contributed by atoms with E-state index in [9.17, 15) is 32.7 Å². The number of pyridine rings is 1. The number of aromatic hydroxyl groups is 1. The molecule has 0 fully saturated rings. The Balaban J connectivity index is 2.14.